The van der Waals surface area contributed by atoms with Gasteiger partial charge in [-0.05, 0) is 107 Å². The molecule has 0 spiro atoms. The lowest BCUT2D eigenvalue weighted by Crippen LogP contribution is -2.34. The van der Waals surface area contributed by atoms with Gasteiger partial charge in [0.15, 0.2) is 6.29 Å². The third-order valence-electron chi connectivity index (χ3n) is 8.87. The summed E-state index contributed by atoms with van der Waals surface area (Å²) in [7, 11) is 0. The second kappa shape index (κ2) is 23.2. The maximum atomic E-state index is 11.7. The molecule has 9 heteroatoms. The predicted octanol–water partition coefficient (Wildman–Crippen LogP) is 9.30. The van der Waals surface area contributed by atoms with Gasteiger partial charge in [-0.25, -0.2) is 0 Å². The van der Waals surface area contributed by atoms with Gasteiger partial charge in [0, 0.05) is 42.3 Å². The lowest BCUT2D eigenvalue weighted by molar-refractivity contribution is -0.241. The van der Waals surface area contributed by atoms with Gasteiger partial charge in [-0.1, -0.05) is 54.6 Å². The number of allylic oxidation sites excluding steroid dienone is 3. The Hall–Kier alpha value is -4.47. The molecule has 1 aliphatic rings. The maximum absolute atomic E-state index is 11.7. The van der Waals surface area contributed by atoms with E-state index in [4.69, 9.17) is 23.7 Å². The second-order valence-corrected chi connectivity index (χ2v) is 12.8. The van der Waals surface area contributed by atoms with Gasteiger partial charge in [0.1, 0.15) is 11.5 Å². The zero-order valence-corrected chi connectivity index (χ0v) is 30.8. The van der Waals surface area contributed by atoms with Gasteiger partial charge in [-0.3, -0.25) is 14.6 Å². The molecule has 1 aliphatic heterocycles. The van der Waals surface area contributed by atoms with Crippen LogP contribution < -0.4 is 4.74 Å². The number of nitrogens with zero attached hydrogens (tertiary/aromatic N) is 1. The molecule has 0 saturated carbocycles. The first kappa shape index (κ1) is 40.3. The average molecular weight is 714 g/mol. The van der Waals surface area contributed by atoms with Gasteiger partial charge in [-0.2, -0.15) is 0 Å². The third kappa shape index (κ3) is 13.9. The molecule has 0 radical (unpaired) electrons. The van der Waals surface area contributed by atoms with Crippen LogP contribution >= 0.6 is 0 Å². The summed E-state index contributed by atoms with van der Waals surface area (Å²) in [6, 6.07) is 19.5. The van der Waals surface area contributed by atoms with Crippen LogP contribution in [0.3, 0.4) is 0 Å². The number of hydrogen-bond donors (Lipinski definition) is 1. The molecule has 0 unspecified atom stereocenters. The van der Waals surface area contributed by atoms with Crippen LogP contribution in [0.2, 0.25) is 0 Å². The Balaban J connectivity index is 1.20. The third-order valence-corrected chi connectivity index (χ3v) is 8.87. The fourth-order valence-corrected chi connectivity index (χ4v) is 6.18. The predicted molar refractivity (Wildman–Crippen MR) is 202 cm³/mol. The minimum absolute atomic E-state index is 0.0434. The number of aromatic nitrogens is 1. The lowest BCUT2D eigenvalue weighted by Gasteiger charge is -2.37. The summed E-state index contributed by atoms with van der Waals surface area (Å²) in [5, 5.41) is 10.6. The first-order valence-corrected chi connectivity index (χ1v) is 18.8. The second-order valence-electron chi connectivity index (χ2n) is 12.8. The van der Waals surface area contributed by atoms with E-state index < -0.39 is 0 Å². The molecule has 4 rings (SSSR count). The van der Waals surface area contributed by atoms with E-state index in [-0.39, 0.29) is 36.0 Å². The standard InChI is InChI=1S/C43H55NO8/c1-3-48-40(46)22-10-5-8-17-35-32-51-42(52-43(35)38-20-13-14-21-39(38)45)24-12-7-15-30-50-36-27-25-33(26-28-36)37(34-18-16-29-44-31-34)19-9-6-11-23-41(47)49-4-2/h5,8,13-14,16,18-21,25-29,31,35,42-43,45H,3-4,6-7,9-12,15,17,22-24,30,32H2,1-2H3/b8-5-,37-19+/t35-,42+,43+/m1/s1. The maximum Gasteiger partial charge on any atom is 0.306 e. The zero-order valence-electron chi connectivity index (χ0n) is 30.8. The molecule has 1 fully saturated rings. The van der Waals surface area contributed by atoms with Crippen molar-refractivity contribution in [1.29, 1.82) is 0 Å². The van der Waals surface area contributed by atoms with Gasteiger partial charge >= 0.3 is 11.9 Å². The number of carbonyl (C=O) groups excluding carboxylic acids is 2. The summed E-state index contributed by atoms with van der Waals surface area (Å²) in [4.78, 5) is 27.6. The number of para-hydroxylation sites is 1. The van der Waals surface area contributed by atoms with Crippen molar-refractivity contribution in [2.24, 2.45) is 5.92 Å². The summed E-state index contributed by atoms with van der Waals surface area (Å²) < 4.78 is 28.7. The molecule has 3 aromatic rings. The summed E-state index contributed by atoms with van der Waals surface area (Å²) in [6.07, 6.45) is 17.5. The van der Waals surface area contributed by atoms with Crippen molar-refractivity contribution < 1.29 is 38.4 Å². The van der Waals surface area contributed by atoms with E-state index in [0.29, 0.717) is 52.1 Å². The monoisotopic (exact) mass is 713 g/mol. The number of ether oxygens (including phenoxy) is 5. The molecule has 1 aromatic heterocycles. The van der Waals surface area contributed by atoms with E-state index in [0.717, 1.165) is 73.0 Å². The number of aromatic hydroxyl groups is 1. The minimum atomic E-state index is -0.346. The molecule has 2 heterocycles. The van der Waals surface area contributed by atoms with Crippen molar-refractivity contribution in [2.45, 2.75) is 96.9 Å². The molecule has 2 aromatic carbocycles. The summed E-state index contributed by atoms with van der Waals surface area (Å²) in [5.74, 6) is 0.766. The van der Waals surface area contributed by atoms with Crippen LogP contribution in [0.4, 0.5) is 0 Å². The number of phenolic OH excluding ortho intramolecular Hbond substituents is 1. The highest BCUT2D eigenvalue weighted by Crippen LogP contribution is 2.39. The van der Waals surface area contributed by atoms with Crippen molar-refractivity contribution in [1.82, 2.24) is 4.98 Å². The van der Waals surface area contributed by atoms with Gasteiger partial charge < -0.3 is 28.8 Å². The normalized spacial score (nSPS) is 17.6. The van der Waals surface area contributed by atoms with Crippen LogP contribution in [0.5, 0.6) is 11.5 Å². The van der Waals surface area contributed by atoms with Crippen molar-refractivity contribution in [3.05, 3.63) is 108 Å². The number of rotatable bonds is 22. The van der Waals surface area contributed by atoms with Crippen LogP contribution in [0.1, 0.15) is 107 Å². The van der Waals surface area contributed by atoms with Gasteiger partial charge in [0.25, 0.3) is 0 Å². The summed E-state index contributed by atoms with van der Waals surface area (Å²) >= 11 is 0. The number of esters is 2. The van der Waals surface area contributed by atoms with Crippen molar-refractivity contribution in [3.8, 4) is 11.5 Å². The van der Waals surface area contributed by atoms with Crippen LogP contribution in [0.25, 0.3) is 5.57 Å². The van der Waals surface area contributed by atoms with Crippen molar-refractivity contribution >= 4 is 17.5 Å². The van der Waals surface area contributed by atoms with E-state index in [9.17, 15) is 14.7 Å². The molecule has 0 amide bonds. The van der Waals surface area contributed by atoms with Gasteiger partial charge in [-0.15, -0.1) is 0 Å². The minimum Gasteiger partial charge on any atom is -0.508 e. The molecule has 280 valence electrons. The molecule has 9 nitrogen and oxygen atoms in total. The van der Waals surface area contributed by atoms with Crippen molar-refractivity contribution in [3.63, 3.8) is 0 Å². The van der Waals surface area contributed by atoms with Gasteiger partial charge in [0.05, 0.1) is 32.5 Å². The highest BCUT2D eigenvalue weighted by molar-refractivity contribution is 5.79. The Morgan fingerprint density at radius 1 is 0.846 bits per heavy atom. The Bertz CT molecular complexity index is 1540. The van der Waals surface area contributed by atoms with E-state index >= 15 is 0 Å². The fraction of sp³-hybridized carbons (Fsp3) is 0.465. The van der Waals surface area contributed by atoms with Crippen LogP contribution in [-0.4, -0.2) is 54.7 Å². The molecule has 1 N–H and O–H groups in total. The number of carbonyl (C=O) groups is 2. The van der Waals surface area contributed by atoms with E-state index in [2.05, 4.69) is 35.3 Å². The number of pyridine rings is 1. The molecular weight excluding hydrogens is 658 g/mol. The van der Waals surface area contributed by atoms with Gasteiger partial charge in [0.2, 0.25) is 0 Å². The smallest absolute Gasteiger partial charge is 0.306 e. The Kier molecular flexibility index (Phi) is 18.0. The highest BCUT2D eigenvalue weighted by atomic mass is 16.7. The number of hydrogen-bond acceptors (Lipinski definition) is 9. The quantitative estimate of drug-likeness (QED) is 0.0618. The molecule has 1 saturated heterocycles. The van der Waals surface area contributed by atoms with E-state index in [1.165, 1.54) is 0 Å². The molecule has 3 atom stereocenters. The zero-order chi connectivity index (χ0) is 36.8. The Labute approximate surface area is 309 Å². The highest BCUT2D eigenvalue weighted by Gasteiger charge is 2.33. The fourth-order valence-electron chi connectivity index (χ4n) is 6.18. The number of unbranched alkanes of at least 4 members (excludes halogenated alkanes) is 4. The van der Waals surface area contributed by atoms with E-state index in [1.54, 1.807) is 19.2 Å². The van der Waals surface area contributed by atoms with Crippen LogP contribution in [-0.2, 0) is 28.5 Å². The van der Waals surface area contributed by atoms with E-state index in [1.807, 2.05) is 55.6 Å². The topological polar surface area (TPSA) is 113 Å². The molecular formula is C43H55NO8. The number of phenols is 1. The SMILES string of the molecule is CCOC(=O)CC/C=C\C[C@@H]1CO[C@H](CCCCCOc2ccc(/C(=C\CCCCC(=O)OCC)c3cccnc3)cc2)O[C@@H]1c1ccccc1O. The first-order chi connectivity index (χ1) is 25.5. The van der Waals surface area contributed by atoms with Crippen LogP contribution in [0, 0.1) is 5.92 Å². The largest absolute Gasteiger partial charge is 0.508 e. The summed E-state index contributed by atoms with van der Waals surface area (Å²) in [5.41, 5.74) is 4.03. The lowest BCUT2D eigenvalue weighted by atomic mass is 9.91. The Morgan fingerprint density at radius 3 is 2.38 bits per heavy atom. The van der Waals surface area contributed by atoms with Crippen LogP contribution in [0.15, 0.2) is 91.3 Å². The van der Waals surface area contributed by atoms with Crippen molar-refractivity contribution in [2.75, 3.05) is 26.4 Å². The molecule has 52 heavy (non-hydrogen) atoms. The molecule has 0 aliphatic carbocycles. The first-order valence-electron chi connectivity index (χ1n) is 18.8. The number of benzene rings is 2. The molecule has 0 bridgehead atoms. The average Bonchev–Trinajstić information content (AvgIpc) is 3.16. The Morgan fingerprint density at radius 2 is 1.63 bits per heavy atom. The summed E-state index contributed by atoms with van der Waals surface area (Å²) in [6.45, 7) is 5.58.